The molecule has 17 heavy (non-hydrogen) atoms. The van der Waals surface area contributed by atoms with Crippen LogP contribution in [-0.2, 0) is 5.41 Å². The lowest BCUT2D eigenvalue weighted by atomic mass is 9.67. The third-order valence-corrected chi connectivity index (χ3v) is 4.91. The fourth-order valence-electron chi connectivity index (χ4n) is 3.16. The Morgan fingerprint density at radius 3 is 2.65 bits per heavy atom. The number of nitrogens with one attached hydrogen (secondary N) is 1. The van der Waals surface area contributed by atoms with Crippen LogP contribution in [0.15, 0.2) is 22.7 Å². The molecular weight excluding hydrogens is 281 g/mol. The SMILES string of the molecule is CC1(F)CCC2(CC1)CNc1ccc(Br)cc12. The maximum absolute atomic E-state index is 13.9. The monoisotopic (exact) mass is 297 g/mol. The summed E-state index contributed by atoms with van der Waals surface area (Å²) in [7, 11) is 0. The molecule has 0 unspecified atom stereocenters. The van der Waals surface area contributed by atoms with Gasteiger partial charge in [0.1, 0.15) is 5.67 Å². The quantitative estimate of drug-likeness (QED) is 0.748. The highest BCUT2D eigenvalue weighted by molar-refractivity contribution is 9.10. The number of alkyl halides is 1. The van der Waals surface area contributed by atoms with Crippen LogP contribution in [0.2, 0.25) is 0 Å². The van der Waals surface area contributed by atoms with Crippen LogP contribution in [-0.4, -0.2) is 12.2 Å². The molecule has 0 radical (unpaired) electrons. The Morgan fingerprint density at radius 2 is 1.94 bits per heavy atom. The summed E-state index contributed by atoms with van der Waals surface area (Å²) in [6, 6.07) is 6.39. The molecule has 0 atom stereocenters. The number of benzene rings is 1. The fraction of sp³-hybridized carbons (Fsp3) is 0.571. The van der Waals surface area contributed by atoms with E-state index in [2.05, 4.69) is 39.4 Å². The van der Waals surface area contributed by atoms with Crippen molar-refractivity contribution in [3.63, 3.8) is 0 Å². The van der Waals surface area contributed by atoms with Crippen molar-refractivity contribution in [1.82, 2.24) is 0 Å². The van der Waals surface area contributed by atoms with E-state index in [0.717, 1.165) is 23.9 Å². The Kier molecular flexibility index (Phi) is 2.51. The molecule has 0 aromatic heterocycles. The first kappa shape index (κ1) is 11.5. The lowest BCUT2D eigenvalue weighted by Gasteiger charge is -2.39. The molecule has 1 aromatic rings. The summed E-state index contributed by atoms with van der Waals surface area (Å²) in [6.45, 7) is 2.71. The molecule has 2 aliphatic rings. The van der Waals surface area contributed by atoms with E-state index in [9.17, 15) is 4.39 Å². The molecule has 1 N–H and O–H groups in total. The van der Waals surface area contributed by atoms with Crippen molar-refractivity contribution in [1.29, 1.82) is 0 Å². The summed E-state index contributed by atoms with van der Waals surface area (Å²) in [5.74, 6) is 0. The van der Waals surface area contributed by atoms with Gasteiger partial charge in [-0.25, -0.2) is 4.39 Å². The highest BCUT2D eigenvalue weighted by atomic mass is 79.9. The van der Waals surface area contributed by atoms with Crippen molar-refractivity contribution in [2.45, 2.75) is 43.7 Å². The van der Waals surface area contributed by atoms with Gasteiger partial charge in [0, 0.05) is 22.1 Å². The minimum Gasteiger partial charge on any atom is -0.384 e. The highest BCUT2D eigenvalue weighted by Gasteiger charge is 2.45. The largest absolute Gasteiger partial charge is 0.384 e. The Morgan fingerprint density at radius 1 is 1.24 bits per heavy atom. The first-order chi connectivity index (χ1) is 8.01. The average Bonchev–Trinajstić information content (AvgIpc) is 2.63. The van der Waals surface area contributed by atoms with Crippen molar-refractivity contribution in [3.8, 4) is 0 Å². The zero-order chi connectivity index (χ0) is 12.1. The molecule has 1 aliphatic heterocycles. The number of fused-ring (bicyclic) bond motifs is 2. The van der Waals surface area contributed by atoms with E-state index in [1.807, 2.05) is 0 Å². The van der Waals surface area contributed by atoms with Gasteiger partial charge in [-0.05, 0) is 56.4 Å². The Hall–Kier alpha value is -0.570. The number of anilines is 1. The second-order valence-corrected chi connectivity index (χ2v) is 6.65. The molecule has 1 saturated carbocycles. The van der Waals surface area contributed by atoms with Gasteiger partial charge in [0.2, 0.25) is 0 Å². The maximum atomic E-state index is 13.9. The van der Waals surface area contributed by atoms with Gasteiger partial charge in [-0.15, -0.1) is 0 Å². The lowest BCUT2D eigenvalue weighted by Crippen LogP contribution is -2.38. The summed E-state index contributed by atoms with van der Waals surface area (Å²) in [4.78, 5) is 0. The third kappa shape index (κ3) is 1.88. The topological polar surface area (TPSA) is 12.0 Å². The fourth-order valence-corrected chi connectivity index (χ4v) is 3.53. The number of hydrogen-bond donors (Lipinski definition) is 1. The predicted molar refractivity (Wildman–Crippen MR) is 72.3 cm³/mol. The zero-order valence-electron chi connectivity index (χ0n) is 10.0. The van der Waals surface area contributed by atoms with Gasteiger partial charge in [0.15, 0.2) is 0 Å². The van der Waals surface area contributed by atoms with Gasteiger partial charge in [0.05, 0.1) is 0 Å². The molecule has 0 bridgehead atoms. The molecule has 1 heterocycles. The first-order valence-corrected chi connectivity index (χ1v) is 7.03. The summed E-state index contributed by atoms with van der Waals surface area (Å²) >= 11 is 3.54. The van der Waals surface area contributed by atoms with Crippen molar-refractivity contribution in [2.24, 2.45) is 0 Å². The molecule has 3 heteroatoms. The minimum absolute atomic E-state index is 0.171. The molecule has 92 valence electrons. The van der Waals surface area contributed by atoms with Crippen LogP contribution in [0, 0.1) is 0 Å². The van der Waals surface area contributed by atoms with Crippen molar-refractivity contribution < 1.29 is 4.39 Å². The predicted octanol–water partition coefficient (Wildman–Crippen LogP) is 4.41. The van der Waals surface area contributed by atoms with Crippen LogP contribution in [0.4, 0.5) is 10.1 Å². The first-order valence-electron chi connectivity index (χ1n) is 6.24. The smallest absolute Gasteiger partial charge is 0.108 e. The molecule has 0 saturated heterocycles. The van der Waals surface area contributed by atoms with Crippen molar-refractivity contribution >= 4 is 21.6 Å². The maximum Gasteiger partial charge on any atom is 0.108 e. The lowest BCUT2D eigenvalue weighted by molar-refractivity contribution is 0.0941. The van der Waals surface area contributed by atoms with E-state index in [1.54, 1.807) is 6.92 Å². The number of rotatable bonds is 0. The molecule has 1 aliphatic carbocycles. The van der Waals surface area contributed by atoms with E-state index in [1.165, 1.54) is 11.3 Å². The van der Waals surface area contributed by atoms with Crippen molar-refractivity contribution in [2.75, 3.05) is 11.9 Å². The minimum atomic E-state index is -0.958. The van der Waals surface area contributed by atoms with Gasteiger partial charge in [0.25, 0.3) is 0 Å². The molecule has 0 amide bonds. The standard InChI is InChI=1S/C14H17BrFN/c1-13(16)4-6-14(7-5-13)9-17-12-3-2-10(15)8-11(12)14/h2-3,8,17H,4-7,9H2,1H3. The molecule has 1 spiro atoms. The molecule has 1 nitrogen and oxygen atoms in total. The van der Waals surface area contributed by atoms with E-state index in [-0.39, 0.29) is 5.41 Å². The van der Waals surface area contributed by atoms with Crippen LogP contribution in [0.1, 0.15) is 38.2 Å². The van der Waals surface area contributed by atoms with E-state index >= 15 is 0 Å². The summed E-state index contributed by atoms with van der Waals surface area (Å²) < 4.78 is 15.1. The van der Waals surface area contributed by atoms with E-state index in [0.29, 0.717) is 12.8 Å². The van der Waals surface area contributed by atoms with Gasteiger partial charge >= 0.3 is 0 Å². The van der Waals surface area contributed by atoms with E-state index in [4.69, 9.17) is 0 Å². The van der Waals surface area contributed by atoms with Crippen molar-refractivity contribution in [3.05, 3.63) is 28.2 Å². The summed E-state index contributed by atoms with van der Waals surface area (Å²) in [5.41, 5.74) is 1.82. The second kappa shape index (κ2) is 3.71. The van der Waals surface area contributed by atoms with Gasteiger partial charge in [-0.2, -0.15) is 0 Å². The Balaban J connectivity index is 1.95. The van der Waals surface area contributed by atoms with Crippen LogP contribution in [0.25, 0.3) is 0 Å². The summed E-state index contributed by atoms with van der Waals surface area (Å²) in [5, 5.41) is 3.47. The van der Waals surface area contributed by atoms with Gasteiger partial charge < -0.3 is 5.32 Å². The van der Waals surface area contributed by atoms with Crippen LogP contribution < -0.4 is 5.32 Å². The van der Waals surface area contributed by atoms with Crippen LogP contribution in [0.3, 0.4) is 0 Å². The van der Waals surface area contributed by atoms with Crippen LogP contribution >= 0.6 is 15.9 Å². The normalized spacial score (nSPS) is 35.7. The van der Waals surface area contributed by atoms with Gasteiger partial charge in [-0.3, -0.25) is 0 Å². The molecule has 3 rings (SSSR count). The third-order valence-electron chi connectivity index (χ3n) is 4.42. The van der Waals surface area contributed by atoms with Gasteiger partial charge in [-0.1, -0.05) is 15.9 Å². The Labute approximate surface area is 110 Å². The highest BCUT2D eigenvalue weighted by Crippen LogP contribution is 2.50. The number of halogens is 2. The summed E-state index contributed by atoms with van der Waals surface area (Å²) in [6.07, 6.45) is 3.27. The zero-order valence-corrected chi connectivity index (χ0v) is 11.6. The molecular formula is C14H17BrFN. The number of hydrogen-bond acceptors (Lipinski definition) is 1. The molecule has 1 aromatic carbocycles. The average molecular weight is 298 g/mol. The van der Waals surface area contributed by atoms with Crippen LogP contribution in [0.5, 0.6) is 0 Å². The molecule has 1 fully saturated rings. The Bertz CT molecular complexity index is 446. The second-order valence-electron chi connectivity index (χ2n) is 5.74. The van der Waals surface area contributed by atoms with E-state index < -0.39 is 5.67 Å².